The average molecular weight is 459 g/mol. The van der Waals surface area contributed by atoms with Gasteiger partial charge in [-0.1, -0.05) is 42.6 Å². The summed E-state index contributed by atoms with van der Waals surface area (Å²) in [5, 5.41) is 1.44. The molecule has 0 aliphatic heterocycles. The smallest absolute Gasteiger partial charge is 0.209 e. The summed E-state index contributed by atoms with van der Waals surface area (Å²) in [5.41, 5.74) is 2.59. The summed E-state index contributed by atoms with van der Waals surface area (Å²) < 4.78 is 2.19. The molecular formula is C23H23ClN2O2S2. The summed E-state index contributed by atoms with van der Waals surface area (Å²) in [4.78, 5) is 33.0. The molecule has 2 aromatic heterocycles. The van der Waals surface area contributed by atoms with E-state index in [9.17, 15) is 9.59 Å². The first-order valence-corrected chi connectivity index (χ1v) is 12.8. The molecule has 0 amide bonds. The van der Waals surface area contributed by atoms with Gasteiger partial charge in [-0.25, -0.2) is 4.98 Å². The van der Waals surface area contributed by atoms with E-state index in [-0.39, 0.29) is 11.2 Å². The molecule has 156 valence electrons. The van der Waals surface area contributed by atoms with Crippen molar-refractivity contribution >= 4 is 50.8 Å². The lowest BCUT2D eigenvalue weighted by Gasteiger charge is -2.25. The number of halogens is 1. The van der Waals surface area contributed by atoms with Crippen LogP contribution in [0.2, 0.25) is 5.02 Å². The third kappa shape index (κ3) is 3.74. The van der Waals surface area contributed by atoms with Crippen LogP contribution in [-0.2, 0) is 12.8 Å². The lowest BCUT2D eigenvalue weighted by atomic mass is 9.95. The monoisotopic (exact) mass is 458 g/mol. The fourth-order valence-electron chi connectivity index (χ4n) is 4.63. The van der Waals surface area contributed by atoms with Gasteiger partial charge in [0.15, 0.2) is 10.9 Å². The zero-order valence-electron chi connectivity index (χ0n) is 16.7. The van der Waals surface area contributed by atoms with Crippen LogP contribution in [0.5, 0.6) is 0 Å². The summed E-state index contributed by atoms with van der Waals surface area (Å²) >= 11 is 9.07. The minimum Gasteiger partial charge on any atom is -0.312 e. The predicted octanol–water partition coefficient (Wildman–Crippen LogP) is 6.08. The van der Waals surface area contributed by atoms with Crippen LogP contribution in [0.3, 0.4) is 0 Å². The summed E-state index contributed by atoms with van der Waals surface area (Å²) in [7, 11) is 0. The van der Waals surface area contributed by atoms with Crippen molar-refractivity contribution in [1.29, 1.82) is 0 Å². The van der Waals surface area contributed by atoms with Crippen LogP contribution in [0.4, 0.5) is 0 Å². The number of rotatable bonds is 5. The molecular weight excluding hydrogens is 436 g/mol. The van der Waals surface area contributed by atoms with Crippen LogP contribution >= 0.6 is 34.7 Å². The highest BCUT2D eigenvalue weighted by Crippen LogP contribution is 2.37. The van der Waals surface area contributed by atoms with Crippen LogP contribution in [0.1, 0.15) is 65.4 Å². The third-order valence-electron chi connectivity index (χ3n) is 6.16. The number of aryl methyl sites for hydroxylation is 1. The Kier molecular flexibility index (Phi) is 5.73. The van der Waals surface area contributed by atoms with Crippen LogP contribution < -0.4 is 5.43 Å². The Morgan fingerprint density at radius 1 is 1.13 bits per heavy atom. The standard InChI is InChI=1S/C23H23ClN2O2S2/c24-15-11-9-14(10-12-15)18(27)13-29-23-25-22-20(26(23)16-5-2-1-3-6-16)21(28)17-7-4-8-19(17)30-22/h9-12,16H,1-8,13H2. The van der Waals surface area contributed by atoms with Gasteiger partial charge in [0, 0.05) is 27.1 Å². The molecule has 0 saturated heterocycles. The van der Waals surface area contributed by atoms with Crippen LogP contribution in [0.15, 0.2) is 34.2 Å². The van der Waals surface area contributed by atoms with Crippen molar-refractivity contribution in [2.24, 2.45) is 0 Å². The quantitative estimate of drug-likeness (QED) is 0.343. The number of nitrogens with zero attached hydrogens (tertiary/aromatic N) is 2. The molecule has 2 aliphatic rings. The number of hydrogen-bond donors (Lipinski definition) is 0. The van der Waals surface area contributed by atoms with E-state index in [2.05, 4.69) is 4.57 Å². The van der Waals surface area contributed by atoms with Crippen LogP contribution in [0, 0.1) is 0 Å². The van der Waals surface area contributed by atoms with E-state index in [1.54, 1.807) is 35.6 Å². The number of benzene rings is 1. The van der Waals surface area contributed by atoms with Crippen molar-refractivity contribution in [2.75, 3.05) is 5.75 Å². The van der Waals surface area contributed by atoms with Gasteiger partial charge in [0.1, 0.15) is 10.3 Å². The Morgan fingerprint density at radius 2 is 1.90 bits per heavy atom. The second-order valence-corrected chi connectivity index (χ2v) is 10.6. The molecule has 2 heterocycles. The first-order chi connectivity index (χ1) is 14.6. The molecule has 5 rings (SSSR count). The molecule has 0 atom stereocenters. The fraction of sp³-hybridized carbons (Fsp3) is 0.435. The molecule has 7 heteroatoms. The molecule has 2 aliphatic carbocycles. The predicted molar refractivity (Wildman–Crippen MR) is 125 cm³/mol. The lowest BCUT2D eigenvalue weighted by Crippen LogP contribution is -2.19. The van der Waals surface area contributed by atoms with E-state index in [4.69, 9.17) is 16.6 Å². The van der Waals surface area contributed by atoms with Gasteiger partial charge < -0.3 is 4.57 Å². The molecule has 1 fully saturated rings. The first kappa shape index (κ1) is 20.3. The van der Waals surface area contributed by atoms with Crippen molar-refractivity contribution < 1.29 is 4.79 Å². The van der Waals surface area contributed by atoms with Gasteiger partial charge in [-0.15, -0.1) is 11.3 Å². The van der Waals surface area contributed by atoms with Crippen molar-refractivity contribution in [2.45, 2.75) is 62.6 Å². The van der Waals surface area contributed by atoms with Crippen LogP contribution in [-0.4, -0.2) is 21.1 Å². The zero-order chi connectivity index (χ0) is 20.7. The minimum atomic E-state index is 0.0485. The highest BCUT2D eigenvalue weighted by Gasteiger charge is 2.27. The summed E-state index contributed by atoms with van der Waals surface area (Å²) in [6, 6.07) is 7.30. The Hall–Kier alpha value is -1.63. The number of fused-ring (bicyclic) bond motifs is 2. The second kappa shape index (κ2) is 8.48. The topological polar surface area (TPSA) is 52.0 Å². The summed E-state index contributed by atoms with van der Waals surface area (Å²) in [5.74, 6) is 0.350. The fourth-order valence-corrected chi connectivity index (χ4v) is 6.99. The molecule has 0 radical (unpaired) electrons. The van der Waals surface area contributed by atoms with Crippen molar-refractivity contribution in [1.82, 2.24) is 9.55 Å². The largest absolute Gasteiger partial charge is 0.312 e. The molecule has 0 spiro atoms. The highest BCUT2D eigenvalue weighted by molar-refractivity contribution is 7.99. The number of carbonyl (C=O) groups is 1. The number of imidazole rings is 1. The minimum absolute atomic E-state index is 0.0485. The van der Waals surface area contributed by atoms with Crippen molar-refractivity contribution in [3.05, 3.63) is 55.5 Å². The second-order valence-electron chi connectivity index (χ2n) is 8.12. The maximum Gasteiger partial charge on any atom is 0.209 e. The Labute approximate surface area is 188 Å². The maximum absolute atomic E-state index is 13.3. The van der Waals surface area contributed by atoms with Crippen molar-refractivity contribution in [3.63, 3.8) is 0 Å². The first-order valence-electron chi connectivity index (χ1n) is 10.6. The van der Waals surface area contributed by atoms with Gasteiger partial charge in [-0.2, -0.15) is 0 Å². The number of Topliss-reactive ketones (excluding diaryl/α,β-unsaturated/α-hetero) is 1. The van der Waals surface area contributed by atoms with E-state index in [1.165, 1.54) is 35.9 Å². The molecule has 4 nitrogen and oxygen atoms in total. The van der Waals surface area contributed by atoms with Crippen molar-refractivity contribution in [3.8, 4) is 0 Å². The third-order valence-corrected chi connectivity index (χ3v) is 8.54. The van der Waals surface area contributed by atoms with Gasteiger partial charge in [-0.3, -0.25) is 9.59 Å². The Balaban J connectivity index is 1.52. The van der Waals surface area contributed by atoms with Gasteiger partial charge in [0.25, 0.3) is 0 Å². The normalized spacial score (nSPS) is 16.8. The molecule has 30 heavy (non-hydrogen) atoms. The Morgan fingerprint density at radius 3 is 2.67 bits per heavy atom. The lowest BCUT2D eigenvalue weighted by molar-refractivity contribution is 0.102. The van der Waals surface area contributed by atoms with E-state index < -0.39 is 0 Å². The molecule has 1 aromatic carbocycles. The van der Waals surface area contributed by atoms with E-state index in [1.807, 2.05) is 0 Å². The number of thioether (sulfide) groups is 1. The average Bonchev–Trinajstić information content (AvgIpc) is 3.38. The SMILES string of the molecule is O=C(CSc1nc2sc3c(c(=O)c2n1C1CCCCC1)CCC3)c1ccc(Cl)cc1. The number of aromatic nitrogens is 2. The summed E-state index contributed by atoms with van der Waals surface area (Å²) in [6.45, 7) is 0. The zero-order valence-corrected chi connectivity index (χ0v) is 19.0. The molecule has 0 bridgehead atoms. The van der Waals surface area contributed by atoms with Gasteiger partial charge in [0.2, 0.25) is 5.43 Å². The van der Waals surface area contributed by atoms with E-state index >= 15 is 0 Å². The van der Waals surface area contributed by atoms with E-state index in [0.717, 1.165) is 53.2 Å². The molecule has 0 unspecified atom stereocenters. The molecule has 0 N–H and O–H groups in total. The van der Waals surface area contributed by atoms with Gasteiger partial charge >= 0.3 is 0 Å². The Bertz CT molecular complexity index is 1160. The molecule has 3 aromatic rings. The van der Waals surface area contributed by atoms with Gasteiger partial charge in [0.05, 0.1) is 5.75 Å². The van der Waals surface area contributed by atoms with Gasteiger partial charge in [-0.05, 0) is 56.4 Å². The maximum atomic E-state index is 13.3. The number of hydrogen-bond acceptors (Lipinski definition) is 5. The molecule has 1 saturated carbocycles. The van der Waals surface area contributed by atoms with Crippen LogP contribution in [0.25, 0.3) is 10.3 Å². The highest BCUT2D eigenvalue weighted by atomic mass is 35.5. The van der Waals surface area contributed by atoms with E-state index in [0.29, 0.717) is 22.4 Å². The number of ketones is 1. The summed E-state index contributed by atoms with van der Waals surface area (Å²) in [6.07, 6.45) is 8.70. The number of carbonyl (C=O) groups excluding carboxylic acids is 1.